The van der Waals surface area contributed by atoms with Crippen LogP contribution in [0.5, 0.6) is 0 Å². The minimum absolute atomic E-state index is 0.0451. The Kier molecular flexibility index (Phi) is 10.1. The standard InChI is InChI=1S/C16H25F2NO3S.C2H2N2O2/c1-5-12(2)19(23(4,20)21)11-14-10-15(17)13(9-16(14)18)7-6-8-22-3;5-2-4-3-1-6-2/h9-10,12H,5-8,11H2,1-4H3;1H,(H,4,5)/t12-;/m0./s1. The summed E-state index contributed by atoms with van der Waals surface area (Å²) in [5.41, 5.74) is 0.321. The third kappa shape index (κ3) is 8.42. The van der Waals surface area contributed by atoms with Crippen LogP contribution in [0.15, 0.2) is 27.7 Å². The third-order valence-corrected chi connectivity index (χ3v) is 5.55. The lowest BCUT2D eigenvalue weighted by Crippen LogP contribution is -2.37. The number of H-pyrrole nitrogens is 1. The van der Waals surface area contributed by atoms with Gasteiger partial charge in [-0.05, 0) is 43.9 Å². The number of hydrogen-bond acceptors (Lipinski definition) is 6. The monoisotopic (exact) mass is 435 g/mol. The van der Waals surface area contributed by atoms with E-state index >= 15 is 0 Å². The Hall–Kier alpha value is -2.11. The van der Waals surface area contributed by atoms with Crippen molar-refractivity contribution in [3.63, 3.8) is 0 Å². The predicted octanol–water partition coefficient (Wildman–Crippen LogP) is 2.47. The van der Waals surface area contributed by atoms with Crippen molar-refractivity contribution in [2.75, 3.05) is 20.0 Å². The first-order valence-electron chi connectivity index (χ1n) is 9.00. The third-order valence-electron chi connectivity index (χ3n) is 4.21. The first-order chi connectivity index (χ1) is 13.6. The number of sulfonamides is 1. The molecule has 0 unspecified atom stereocenters. The second kappa shape index (κ2) is 11.8. The topological polar surface area (TPSA) is 106 Å². The summed E-state index contributed by atoms with van der Waals surface area (Å²) >= 11 is 0. The summed E-state index contributed by atoms with van der Waals surface area (Å²) in [6, 6.07) is 1.96. The average molecular weight is 435 g/mol. The molecule has 2 rings (SSSR count). The summed E-state index contributed by atoms with van der Waals surface area (Å²) in [6.45, 7) is 3.89. The maximum atomic E-state index is 14.2. The van der Waals surface area contributed by atoms with Gasteiger partial charge in [-0.15, -0.1) is 5.10 Å². The van der Waals surface area contributed by atoms with Gasteiger partial charge in [0.2, 0.25) is 16.4 Å². The number of nitrogens with one attached hydrogen (secondary N) is 1. The Labute approximate surface area is 168 Å². The molecule has 0 aliphatic carbocycles. The van der Waals surface area contributed by atoms with E-state index < -0.39 is 27.4 Å². The molecule has 2 aromatic rings. The largest absolute Gasteiger partial charge is 0.434 e. The van der Waals surface area contributed by atoms with Crippen molar-refractivity contribution in [1.29, 1.82) is 0 Å². The van der Waals surface area contributed by atoms with E-state index in [4.69, 9.17) is 4.74 Å². The fraction of sp³-hybridized carbons (Fsp3) is 0.556. The van der Waals surface area contributed by atoms with Crippen molar-refractivity contribution in [1.82, 2.24) is 14.5 Å². The molecule has 0 spiro atoms. The minimum atomic E-state index is -3.50. The maximum Gasteiger partial charge on any atom is 0.434 e. The van der Waals surface area contributed by atoms with Gasteiger partial charge in [0.15, 0.2) is 0 Å². The molecular formula is C18H27F2N3O5S. The van der Waals surface area contributed by atoms with Crippen molar-refractivity contribution in [2.24, 2.45) is 0 Å². The van der Waals surface area contributed by atoms with Gasteiger partial charge in [0, 0.05) is 31.9 Å². The summed E-state index contributed by atoms with van der Waals surface area (Å²) in [6.07, 6.45) is 3.67. The summed E-state index contributed by atoms with van der Waals surface area (Å²) in [4.78, 5) is 9.78. The van der Waals surface area contributed by atoms with Crippen molar-refractivity contribution in [3.05, 3.63) is 51.8 Å². The molecule has 0 radical (unpaired) electrons. The van der Waals surface area contributed by atoms with Crippen LogP contribution in [0.3, 0.4) is 0 Å². The molecule has 1 N–H and O–H groups in total. The number of benzene rings is 1. The molecule has 1 heterocycles. The van der Waals surface area contributed by atoms with Gasteiger partial charge in [-0.3, -0.25) is 0 Å². The number of aryl methyl sites for hydroxylation is 1. The zero-order chi connectivity index (χ0) is 22.0. The molecule has 0 fully saturated rings. The molecule has 1 aromatic heterocycles. The van der Waals surface area contributed by atoms with E-state index in [1.165, 1.54) is 4.31 Å². The van der Waals surface area contributed by atoms with Gasteiger partial charge in [0.1, 0.15) is 11.6 Å². The maximum absolute atomic E-state index is 14.2. The van der Waals surface area contributed by atoms with Gasteiger partial charge < -0.3 is 9.15 Å². The second-order valence-corrected chi connectivity index (χ2v) is 8.38. The van der Waals surface area contributed by atoms with Crippen LogP contribution in [-0.2, 0) is 27.7 Å². The predicted molar refractivity (Wildman–Crippen MR) is 104 cm³/mol. The molecule has 29 heavy (non-hydrogen) atoms. The molecule has 0 amide bonds. The van der Waals surface area contributed by atoms with Crippen LogP contribution >= 0.6 is 0 Å². The molecule has 0 aliphatic rings. The highest BCUT2D eigenvalue weighted by Crippen LogP contribution is 2.21. The lowest BCUT2D eigenvalue weighted by Gasteiger charge is -2.26. The number of aromatic nitrogens is 2. The van der Waals surface area contributed by atoms with Crippen LogP contribution in [-0.4, -0.2) is 48.9 Å². The number of halogens is 2. The highest BCUT2D eigenvalue weighted by molar-refractivity contribution is 7.88. The molecule has 0 aliphatic heterocycles. The minimum Gasteiger partial charge on any atom is -0.395 e. The normalized spacial score (nSPS) is 12.5. The lowest BCUT2D eigenvalue weighted by atomic mass is 10.1. The highest BCUT2D eigenvalue weighted by Gasteiger charge is 2.24. The Morgan fingerprint density at radius 3 is 2.34 bits per heavy atom. The summed E-state index contributed by atoms with van der Waals surface area (Å²) in [5, 5.41) is 5.25. The fourth-order valence-corrected chi connectivity index (χ4v) is 3.68. The quantitative estimate of drug-likeness (QED) is 0.607. The summed E-state index contributed by atoms with van der Waals surface area (Å²) in [5.74, 6) is -1.62. The van der Waals surface area contributed by atoms with E-state index in [1.54, 1.807) is 14.0 Å². The number of hydrogen-bond donors (Lipinski definition) is 1. The molecule has 164 valence electrons. The SMILES string of the molecule is CC[C@H](C)N(Cc1cc(F)c(CCCOC)cc1F)S(C)(=O)=O.O=c1[nH]nco1. The molecule has 0 bridgehead atoms. The highest BCUT2D eigenvalue weighted by atomic mass is 32.2. The molecular weight excluding hydrogens is 408 g/mol. The fourth-order valence-electron chi connectivity index (χ4n) is 2.50. The van der Waals surface area contributed by atoms with Crippen molar-refractivity contribution in [3.8, 4) is 0 Å². The first-order valence-corrected chi connectivity index (χ1v) is 10.9. The number of rotatable bonds is 9. The molecule has 8 nitrogen and oxygen atoms in total. The number of methoxy groups -OCH3 is 1. The zero-order valence-corrected chi connectivity index (χ0v) is 17.8. The van der Waals surface area contributed by atoms with Gasteiger partial charge >= 0.3 is 5.76 Å². The van der Waals surface area contributed by atoms with E-state index in [0.29, 0.717) is 25.9 Å². The van der Waals surface area contributed by atoms with E-state index in [9.17, 15) is 22.0 Å². The molecule has 1 atom stereocenters. The zero-order valence-electron chi connectivity index (χ0n) is 16.9. The summed E-state index contributed by atoms with van der Waals surface area (Å²) < 4.78 is 62.3. The van der Waals surface area contributed by atoms with E-state index in [2.05, 4.69) is 9.52 Å². The van der Waals surface area contributed by atoms with Crippen LogP contribution in [0.25, 0.3) is 0 Å². The molecule has 1 aromatic carbocycles. The van der Waals surface area contributed by atoms with Crippen LogP contribution in [0.4, 0.5) is 8.78 Å². The van der Waals surface area contributed by atoms with Gasteiger partial charge in [-0.1, -0.05) is 6.92 Å². The number of ether oxygens (including phenoxy) is 1. The number of nitrogens with zero attached hydrogens (tertiary/aromatic N) is 2. The lowest BCUT2D eigenvalue weighted by molar-refractivity contribution is 0.195. The molecule has 0 saturated heterocycles. The van der Waals surface area contributed by atoms with E-state index in [-0.39, 0.29) is 23.7 Å². The van der Waals surface area contributed by atoms with Crippen molar-refractivity contribution < 1.29 is 26.4 Å². The Bertz CT molecular complexity index is 898. The van der Waals surface area contributed by atoms with Gasteiger partial charge in [0.25, 0.3) is 0 Å². The Morgan fingerprint density at radius 2 is 1.90 bits per heavy atom. The number of aromatic amines is 1. The van der Waals surface area contributed by atoms with Gasteiger partial charge in [-0.2, -0.15) is 4.31 Å². The van der Waals surface area contributed by atoms with Crippen molar-refractivity contribution >= 4 is 10.0 Å². The van der Waals surface area contributed by atoms with Crippen LogP contribution in [0.1, 0.15) is 37.8 Å². The van der Waals surface area contributed by atoms with Gasteiger partial charge in [-0.25, -0.2) is 27.1 Å². The first kappa shape index (κ1) is 24.9. The van der Waals surface area contributed by atoms with Crippen molar-refractivity contribution in [2.45, 2.75) is 45.7 Å². The van der Waals surface area contributed by atoms with Crippen LogP contribution in [0.2, 0.25) is 0 Å². The Balaban J connectivity index is 0.000000594. The second-order valence-electron chi connectivity index (χ2n) is 6.45. The van der Waals surface area contributed by atoms with Crippen LogP contribution in [0, 0.1) is 11.6 Å². The Morgan fingerprint density at radius 1 is 1.28 bits per heavy atom. The van der Waals surface area contributed by atoms with E-state index in [0.717, 1.165) is 24.8 Å². The van der Waals surface area contributed by atoms with Crippen LogP contribution < -0.4 is 5.76 Å². The summed E-state index contributed by atoms with van der Waals surface area (Å²) in [7, 11) is -1.95. The smallest absolute Gasteiger partial charge is 0.395 e. The molecule has 11 heteroatoms. The molecule has 0 saturated carbocycles. The van der Waals surface area contributed by atoms with E-state index in [1.807, 2.05) is 12.0 Å². The average Bonchev–Trinajstić information content (AvgIpc) is 3.13. The van der Waals surface area contributed by atoms with Gasteiger partial charge in [0.05, 0.1) is 6.26 Å².